The van der Waals surface area contributed by atoms with Gasteiger partial charge in [0.1, 0.15) is 12.4 Å². The molecule has 0 aliphatic carbocycles. The Bertz CT molecular complexity index is 814. The van der Waals surface area contributed by atoms with Crippen LogP contribution >= 0.6 is 11.6 Å². The van der Waals surface area contributed by atoms with E-state index in [2.05, 4.69) is 20.9 Å². The Morgan fingerprint density at radius 2 is 2.19 bits per heavy atom. The number of fused-ring (bicyclic) bond motifs is 1. The summed E-state index contributed by atoms with van der Waals surface area (Å²) in [6.45, 7) is 5.42. The highest BCUT2D eigenvalue weighted by atomic mass is 35.5. The minimum absolute atomic E-state index is 0.107. The van der Waals surface area contributed by atoms with Crippen molar-refractivity contribution in [3.05, 3.63) is 41.3 Å². The number of carbonyl (C=O) groups excluding carboxylic acids is 1. The van der Waals surface area contributed by atoms with Crippen molar-refractivity contribution in [2.45, 2.75) is 45.1 Å². The predicted molar refractivity (Wildman–Crippen MR) is 105 cm³/mol. The van der Waals surface area contributed by atoms with Gasteiger partial charge in [0, 0.05) is 43.2 Å². The van der Waals surface area contributed by atoms with Crippen molar-refractivity contribution in [2.24, 2.45) is 0 Å². The number of carbonyl (C=O) groups is 1. The maximum atomic E-state index is 11.4. The van der Waals surface area contributed by atoms with Gasteiger partial charge in [-0.25, -0.2) is 4.98 Å². The Kier molecular flexibility index (Phi) is 5.48. The highest BCUT2D eigenvalue weighted by molar-refractivity contribution is 6.30. The highest BCUT2D eigenvalue weighted by Gasteiger charge is 2.25. The Balaban J connectivity index is 1.36. The fourth-order valence-electron chi connectivity index (χ4n) is 3.88. The zero-order valence-corrected chi connectivity index (χ0v) is 16.3. The van der Waals surface area contributed by atoms with Crippen LogP contribution in [-0.2, 0) is 22.7 Å². The predicted octanol–water partition coefficient (Wildman–Crippen LogP) is 2.70. The third-order valence-corrected chi connectivity index (χ3v) is 5.70. The molecule has 3 heterocycles. The molecule has 2 aromatic rings. The van der Waals surface area contributed by atoms with Gasteiger partial charge in [0.05, 0.1) is 24.5 Å². The average molecular weight is 389 g/mol. The second-order valence-electron chi connectivity index (χ2n) is 7.30. The molecule has 0 unspecified atom stereocenters. The lowest BCUT2D eigenvalue weighted by Gasteiger charge is -2.33. The summed E-state index contributed by atoms with van der Waals surface area (Å²) >= 11 is 6.15. The summed E-state index contributed by atoms with van der Waals surface area (Å²) in [5.41, 5.74) is 2.15. The third-order valence-electron chi connectivity index (χ3n) is 5.47. The van der Waals surface area contributed by atoms with Crippen LogP contribution in [0.25, 0.3) is 11.3 Å². The smallest absolute Gasteiger partial charge is 0.219 e. The summed E-state index contributed by atoms with van der Waals surface area (Å²) in [6, 6.07) is 8.31. The second kappa shape index (κ2) is 8.00. The molecule has 4 rings (SSSR count). The van der Waals surface area contributed by atoms with Crippen LogP contribution in [0.2, 0.25) is 5.02 Å². The third kappa shape index (κ3) is 4.18. The van der Waals surface area contributed by atoms with E-state index in [0.717, 1.165) is 61.1 Å². The minimum Gasteiger partial charge on any atom is -0.367 e. The first kappa shape index (κ1) is 18.5. The standard InChI is InChI=1S/C20H25ClN4O2/c1-14(26)24-7-5-17(6-8-24)22-10-18-12-25-19(11-23-20(25)13-27-18)15-3-2-4-16(21)9-15/h2-4,9,11,17-18,22H,5-8,10,12-13H2,1H3/t18-/m0/s1. The number of aromatic nitrogens is 2. The number of amides is 1. The van der Waals surface area contributed by atoms with Gasteiger partial charge in [-0.05, 0) is 25.0 Å². The Labute approximate surface area is 164 Å². The highest BCUT2D eigenvalue weighted by Crippen LogP contribution is 2.26. The van der Waals surface area contributed by atoms with Crippen molar-refractivity contribution in [2.75, 3.05) is 19.6 Å². The van der Waals surface area contributed by atoms with Crippen LogP contribution in [-0.4, -0.2) is 52.1 Å². The molecule has 2 aliphatic heterocycles. The van der Waals surface area contributed by atoms with Gasteiger partial charge in [-0.15, -0.1) is 0 Å². The van der Waals surface area contributed by atoms with E-state index in [1.54, 1.807) is 6.92 Å². The molecule has 1 aromatic heterocycles. The molecule has 2 aliphatic rings. The molecule has 1 amide bonds. The SMILES string of the molecule is CC(=O)N1CCC(NC[C@H]2Cn3c(-c4cccc(Cl)c4)cnc3CO2)CC1. The van der Waals surface area contributed by atoms with E-state index >= 15 is 0 Å². The second-order valence-corrected chi connectivity index (χ2v) is 7.74. The van der Waals surface area contributed by atoms with Crippen molar-refractivity contribution in [1.29, 1.82) is 0 Å². The van der Waals surface area contributed by atoms with Gasteiger partial charge in [-0.3, -0.25) is 4.79 Å². The van der Waals surface area contributed by atoms with Gasteiger partial charge in [-0.1, -0.05) is 23.7 Å². The molecule has 0 spiro atoms. The van der Waals surface area contributed by atoms with Crippen LogP contribution in [0.1, 0.15) is 25.6 Å². The number of nitrogens with zero attached hydrogens (tertiary/aromatic N) is 3. The molecule has 1 fully saturated rings. The summed E-state index contributed by atoms with van der Waals surface area (Å²) < 4.78 is 8.23. The number of rotatable bonds is 4. The zero-order chi connectivity index (χ0) is 18.8. The number of piperidine rings is 1. The number of hydrogen-bond acceptors (Lipinski definition) is 4. The monoisotopic (exact) mass is 388 g/mol. The molecule has 1 N–H and O–H groups in total. The molecule has 144 valence electrons. The average Bonchev–Trinajstić information content (AvgIpc) is 3.10. The van der Waals surface area contributed by atoms with Gasteiger partial charge in [-0.2, -0.15) is 0 Å². The molecule has 27 heavy (non-hydrogen) atoms. The lowest BCUT2D eigenvalue weighted by atomic mass is 10.0. The summed E-state index contributed by atoms with van der Waals surface area (Å²) in [5.74, 6) is 1.13. The Morgan fingerprint density at radius 1 is 1.37 bits per heavy atom. The summed E-state index contributed by atoms with van der Waals surface area (Å²) in [6.07, 6.45) is 4.00. The lowest BCUT2D eigenvalue weighted by molar-refractivity contribution is -0.129. The van der Waals surface area contributed by atoms with E-state index in [9.17, 15) is 4.79 Å². The molecule has 0 bridgehead atoms. The number of halogens is 1. The van der Waals surface area contributed by atoms with E-state index in [4.69, 9.17) is 16.3 Å². The van der Waals surface area contributed by atoms with Crippen molar-refractivity contribution in [3.8, 4) is 11.3 Å². The van der Waals surface area contributed by atoms with Crippen LogP contribution in [0.3, 0.4) is 0 Å². The number of imidazole rings is 1. The van der Waals surface area contributed by atoms with Crippen LogP contribution in [0.15, 0.2) is 30.5 Å². The maximum absolute atomic E-state index is 11.4. The van der Waals surface area contributed by atoms with E-state index in [1.807, 2.05) is 29.3 Å². The minimum atomic E-state index is 0.107. The fraction of sp³-hybridized carbons (Fsp3) is 0.500. The number of benzene rings is 1. The first-order valence-corrected chi connectivity index (χ1v) is 9.89. The molecule has 0 radical (unpaired) electrons. The first-order chi connectivity index (χ1) is 13.1. The van der Waals surface area contributed by atoms with Crippen LogP contribution < -0.4 is 5.32 Å². The topological polar surface area (TPSA) is 59.4 Å². The molecular weight excluding hydrogens is 364 g/mol. The van der Waals surface area contributed by atoms with Gasteiger partial charge < -0.3 is 19.5 Å². The van der Waals surface area contributed by atoms with Crippen LogP contribution in [0.5, 0.6) is 0 Å². The number of likely N-dealkylation sites (tertiary alicyclic amines) is 1. The molecule has 7 heteroatoms. The van der Waals surface area contributed by atoms with E-state index in [0.29, 0.717) is 12.6 Å². The number of ether oxygens (including phenoxy) is 1. The van der Waals surface area contributed by atoms with Gasteiger partial charge >= 0.3 is 0 Å². The van der Waals surface area contributed by atoms with Gasteiger partial charge in [0.15, 0.2) is 0 Å². The normalized spacial score (nSPS) is 20.5. The van der Waals surface area contributed by atoms with Crippen molar-refractivity contribution in [3.63, 3.8) is 0 Å². The van der Waals surface area contributed by atoms with Gasteiger partial charge in [0.2, 0.25) is 5.91 Å². The number of nitrogens with one attached hydrogen (secondary N) is 1. The lowest BCUT2D eigenvalue weighted by Crippen LogP contribution is -2.47. The number of hydrogen-bond donors (Lipinski definition) is 1. The molecule has 0 saturated carbocycles. The van der Waals surface area contributed by atoms with Crippen LogP contribution in [0.4, 0.5) is 0 Å². The summed E-state index contributed by atoms with van der Waals surface area (Å²) in [7, 11) is 0. The molecule has 1 atom stereocenters. The molecule has 6 nitrogen and oxygen atoms in total. The Hall–Kier alpha value is -1.89. The van der Waals surface area contributed by atoms with Crippen molar-refractivity contribution >= 4 is 17.5 Å². The summed E-state index contributed by atoms with van der Waals surface area (Å²) in [4.78, 5) is 17.9. The van der Waals surface area contributed by atoms with E-state index < -0.39 is 0 Å². The first-order valence-electron chi connectivity index (χ1n) is 9.51. The van der Waals surface area contributed by atoms with E-state index in [-0.39, 0.29) is 12.0 Å². The van der Waals surface area contributed by atoms with E-state index in [1.165, 1.54) is 0 Å². The zero-order valence-electron chi connectivity index (χ0n) is 15.5. The van der Waals surface area contributed by atoms with Gasteiger partial charge in [0.25, 0.3) is 0 Å². The Morgan fingerprint density at radius 3 is 2.93 bits per heavy atom. The summed E-state index contributed by atoms with van der Waals surface area (Å²) in [5, 5.41) is 4.35. The van der Waals surface area contributed by atoms with Crippen molar-refractivity contribution < 1.29 is 9.53 Å². The largest absolute Gasteiger partial charge is 0.367 e. The van der Waals surface area contributed by atoms with Crippen molar-refractivity contribution in [1.82, 2.24) is 19.8 Å². The maximum Gasteiger partial charge on any atom is 0.219 e. The molecular formula is C20H25ClN4O2. The van der Waals surface area contributed by atoms with Crippen LogP contribution in [0, 0.1) is 0 Å². The molecule has 1 aromatic carbocycles. The molecule has 1 saturated heterocycles. The quantitative estimate of drug-likeness (QED) is 0.874. The fourth-order valence-corrected chi connectivity index (χ4v) is 4.07.